The highest BCUT2D eigenvalue weighted by molar-refractivity contribution is 5.75. The molecule has 0 radical (unpaired) electrons. The van der Waals surface area contributed by atoms with Crippen LogP contribution in [0.5, 0.6) is 0 Å². The number of rotatable bonds is 3. The Hall–Kier alpha value is -1.30. The molecule has 0 aromatic rings. The van der Waals surface area contributed by atoms with Gasteiger partial charge in [0, 0.05) is 6.42 Å². The lowest BCUT2D eigenvalue weighted by molar-refractivity contribution is -0.153. The zero-order chi connectivity index (χ0) is 13.8. The molecule has 6 heteroatoms. The van der Waals surface area contributed by atoms with Crippen molar-refractivity contribution in [3.05, 3.63) is 0 Å². The van der Waals surface area contributed by atoms with Crippen LogP contribution in [0.3, 0.4) is 0 Å². The number of carbonyl (C=O) groups is 2. The Labute approximate surface area is 107 Å². The lowest BCUT2D eigenvalue weighted by Crippen LogP contribution is -2.39. The average molecular weight is 259 g/mol. The maximum absolute atomic E-state index is 11.5. The Bertz CT molecular complexity index is 310. The number of alkyl carbamates (subject to hydrolysis) is 1. The first-order valence-electron chi connectivity index (χ1n) is 6.09. The molecule has 0 unspecified atom stereocenters. The van der Waals surface area contributed by atoms with E-state index >= 15 is 0 Å². The third-order valence-electron chi connectivity index (χ3n) is 2.27. The van der Waals surface area contributed by atoms with Crippen molar-refractivity contribution in [3.63, 3.8) is 0 Å². The van der Waals surface area contributed by atoms with Crippen LogP contribution in [-0.4, -0.2) is 43.0 Å². The van der Waals surface area contributed by atoms with E-state index < -0.39 is 17.8 Å². The Balaban J connectivity index is 2.34. The lowest BCUT2D eigenvalue weighted by Gasteiger charge is -2.21. The molecular formula is C12H21NO5. The van der Waals surface area contributed by atoms with Crippen LogP contribution >= 0.6 is 0 Å². The molecule has 0 aromatic carbocycles. The van der Waals surface area contributed by atoms with Crippen LogP contribution in [0.1, 0.15) is 34.1 Å². The third-order valence-corrected chi connectivity index (χ3v) is 2.27. The fraction of sp³-hybridized carbons (Fsp3) is 0.833. The molecule has 1 rings (SSSR count). The summed E-state index contributed by atoms with van der Waals surface area (Å²) in [5.41, 5.74) is -0.538. The van der Waals surface area contributed by atoms with Crippen molar-refractivity contribution in [2.75, 3.05) is 13.2 Å². The van der Waals surface area contributed by atoms with Crippen LogP contribution in [0.4, 0.5) is 4.79 Å². The first-order valence-corrected chi connectivity index (χ1v) is 6.09. The van der Waals surface area contributed by atoms with E-state index in [0.29, 0.717) is 19.6 Å². The van der Waals surface area contributed by atoms with E-state index in [4.69, 9.17) is 14.2 Å². The summed E-state index contributed by atoms with van der Waals surface area (Å²) in [6.45, 7) is 7.73. The van der Waals surface area contributed by atoms with Gasteiger partial charge in [0.05, 0.1) is 19.3 Å². The van der Waals surface area contributed by atoms with Gasteiger partial charge in [0.1, 0.15) is 5.60 Å². The number of carbonyl (C=O) groups excluding carboxylic acids is 2. The van der Waals surface area contributed by atoms with E-state index in [-0.39, 0.29) is 12.0 Å². The number of amides is 1. The van der Waals surface area contributed by atoms with Gasteiger partial charge in [0.25, 0.3) is 0 Å². The predicted octanol–water partition coefficient (Wildman–Crippen LogP) is 1.23. The molecule has 18 heavy (non-hydrogen) atoms. The van der Waals surface area contributed by atoms with Gasteiger partial charge in [0.15, 0.2) is 6.10 Å². The summed E-state index contributed by atoms with van der Waals surface area (Å²) >= 11 is 0. The number of esters is 1. The zero-order valence-electron chi connectivity index (χ0n) is 11.3. The summed E-state index contributed by atoms with van der Waals surface area (Å²) in [6, 6.07) is -0.214. The summed E-state index contributed by atoms with van der Waals surface area (Å²) in [6.07, 6.45) is -0.677. The highest BCUT2D eigenvalue weighted by atomic mass is 16.6. The molecule has 1 amide bonds. The Morgan fingerprint density at radius 2 is 2.06 bits per heavy atom. The summed E-state index contributed by atoms with van der Waals surface area (Å²) in [5.74, 6) is -0.383. The minimum absolute atomic E-state index is 0.214. The molecule has 1 fully saturated rings. The molecule has 2 atom stereocenters. The Kier molecular flexibility index (Phi) is 4.95. The molecule has 104 valence electrons. The van der Waals surface area contributed by atoms with E-state index in [9.17, 15) is 9.59 Å². The van der Waals surface area contributed by atoms with Gasteiger partial charge >= 0.3 is 12.1 Å². The summed E-state index contributed by atoms with van der Waals surface area (Å²) in [7, 11) is 0. The Morgan fingerprint density at radius 3 is 2.61 bits per heavy atom. The molecular weight excluding hydrogens is 238 g/mol. The van der Waals surface area contributed by atoms with Gasteiger partial charge in [-0.3, -0.25) is 0 Å². The predicted molar refractivity (Wildman–Crippen MR) is 64.1 cm³/mol. The van der Waals surface area contributed by atoms with Gasteiger partial charge in [-0.05, 0) is 27.7 Å². The minimum Gasteiger partial charge on any atom is -0.464 e. The lowest BCUT2D eigenvalue weighted by atomic mass is 10.2. The van der Waals surface area contributed by atoms with Crippen molar-refractivity contribution < 1.29 is 23.8 Å². The van der Waals surface area contributed by atoms with E-state index in [1.54, 1.807) is 27.7 Å². The van der Waals surface area contributed by atoms with Gasteiger partial charge in [-0.1, -0.05) is 0 Å². The summed E-state index contributed by atoms with van der Waals surface area (Å²) in [4.78, 5) is 22.9. The van der Waals surface area contributed by atoms with Crippen LogP contribution in [0.2, 0.25) is 0 Å². The molecule has 6 nitrogen and oxygen atoms in total. The molecule has 0 aliphatic carbocycles. The first-order chi connectivity index (χ1) is 8.31. The summed E-state index contributed by atoms with van der Waals surface area (Å²) < 4.78 is 15.2. The maximum atomic E-state index is 11.5. The van der Waals surface area contributed by atoms with Crippen LogP contribution in [0, 0.1) is 0 Å². The Morgan fingerprint density at radius 1 is 1.39 bits per heavy atom. The average Bonchev–Trinajstić information content (AvgIpc) is 2.63. The molecule has 1 aliphatic rings. The van der Waals surface area contributed by atoms with Crippen molar-refractivity contribution in [1.29, 1.82) is 0 Å². The van der Waals surface area contributed by atoms with Crippen LogP contribution in [0.15, 0.2) is 0 Å². The van der Waals surface area contributed by atoms with Crippen molar-refractivity contribution in [2.24, 2.45) is 0 Å². The monoisotopic (exact) mass is 259 g/mol. The molecule has 0 bridgehead atoms. The second kappa shape index (κ2) is 6.04. The molecule has 0 aromatic heterocycles. The van der Waals surface area contributed by atoms with E-state index in [0.717, 1.165) is 0 Å². The topological polar surface area (TPSA) is 73.9 Å². The van der Waals surface area contributed by atoms with Crippen molar-refractivity contribution in [1.82, 2.24) is 5.32 Å². The van der Waals surface area contributed by atoms with Gasteiger partial charge in [0.2, 0.25) is 0 Å². The molecule has 1 aliphatic heterocycles. The van der Waals surface area contributed by atoms with Gasteiger partial charge in [-0.15, -0.1) is 0 Å². The van der Waals surface area contributed by atoms with Gasteiger partial charge in [-0.25, -0.2) is 9.59 Å². The van der Waals surface area contributed by atoms with E-state index in [1.807, 2.05) is 0 Å². The molecule has 0 saturated carbocycles. The number of nitrogens with one attached hydrogen (secondary N) is 1. The molecule has 1 N–H and O–H groups in total. The molecule has 1 saturated heterocycles. The zero-order valence-corrected chi connectivity index (χ0v) is 11.3. The smallest absolute Gasteiger partial charge is 0.407 e. The molecule has 1 heterocycles. The van der Waals surface area contributed by atoms with E-state index in [1.165, 1.54) is 0 Å². The number of hydrogen-bond donors (Lipinski definition) is 1. The fourth-order valence-electron chi connectivity index (χ4n) is 1.60. The summed E-state index contributed by atoms with van der Waals surface area (Å²) in [5, 5.41) is 2.67. The van der Waals surface area contributed by atoms with Crippen LogP contribution in [-0.2, 0) is 19.0 Å². The largest absolute Gasteiger partial charge is 0.464 e. The second-order valence-corrected chi connectivity index (χ2v) is 5.15. The van der Waals surface area contributed by atoms with Crippen molar-refractivity contribution in [2.45, 2.75) is 51.9 Å². The van der Waals surface area contributed by atoms with Crippen molar-refractivity contribution >= 4 is 12.1 Å². The van der Waals surface area contributed by atoms with Crippen LogP contribution in [0.25, 0.3) is 0 Å². The quantitative estimate of drug-likeness (QED) is 0.772. The minimum atomic E-state index is -0.593. The van der Waals surface area contributed by atoms with Crippen molar-refractivity contribution in [3.8, 4) is 0 Å². The first kappa shape index (κ1) is 14.8. The highest BCUT2D eigenvalue weighted by Crippen LogP contribution is 2.15. The number of hydrogen-bond acceptors (Lipinski definition) is 5. The van der Waals surface area contributed by atoms with Gasteiger partial charge in [-0.2, -0.15) is 0 Å². The third kappa shape index (κ3) is 4.91. The van der Waals surface area contributed by atoms with Gasteiger partial charge < -0.3 is 19.5 Å². The van der Waals surface area contributed by atoms with E-state index in [2.05, 4.69) is 5.32 Å². The molecule has 0 spiro atoms. The second-order valence-electron chi connectivity index (χ2n) is 5.15. The maximum Gasteiger partial charge on any atom is 0.407 e. The van der Waals surface area contributed by atoms with Crippen LogP contribution < -0.4 is 5.32 Å². The normalized spacial score (nSPS) is 23.6. The number of ether oxygens (including phenoxy) is 3. The fourth-order valence-corrected chi connectivity index (χ4v) is 1.60. The standard InChI is InChI=1S/C12H21NO5/c1-5-16-10(14)9-6-8(7-17-9)13-11(15)18-12(2,3)4/h8-9H,5-7H2,1-4H3,(H,13,15)/t8-,9-/m1/s1. The SMILES string of the molecule is CCOC(=O)[C@H]1C[C@@H](NC(=O)OC(C)(C)C)CO1. The highest BCUT2D eigenvalue weighted by Gasteiger charge is 2.33.